The van der Waals surface area contributed by atoms with Crippen LogP contribution < -0.4 is 10.2 Å². The number of hydrogen-bond donors (Lipinski definition) is 2. The quantitative estimate of drug-likeness (QED) is 0.731. The lowest BCUT2D eigenvalue weighted by molar-refractivity contribution is 0.289. The summed E-state index contributed by atoms with van der Waals surface area (Å²) in [5, 5.41) is 13.2. The Balaban J connectivity index is 2.80. The molecule has 0 bridgehead atoms. The Bertz CT molecular complexity index is 398. The van der Waals surface area contributed by atoms with Gasteiger partial charge in [0.05, 0.1) is 0 Å². The minimum atomic E-state index is 0.223. The van der Waals surface area contributed by atoms with Crippen molar-refractivity contribution in [2.75, 3.05) is 31.1 Å². The molecule has 2 N–H and O–H groups in total. The van der Waals surface area contributed by atoms with Crippen molar-refractivity contribution < 1.29 is 5.11 Å². The molecule has 0 aliphatic carbocycles. The van der Waals surface area contributed by atoms with Crippen LogP contribution in [0.3, 0.4) is 0 Å². The van der Waals surface area contributed by atoms with Crippen molar-refractivity contribution in [1.82, 2.24) is 5.32 Å². The zero-order valence-corrected chi connectivity index (χ0v) is 13.6. The molecule has 0 aromatic heterocycles. The van der Waals surface area contributed by atoms with Crippen LogP contribution in [0.15, 0.2) is 18.2 Å². The van der Waals surface area contributed by atoms with Crippen LogP contribution in [0.25, 0.3) is 0 Å². The maximum atomic E-state index is 8.95. The number of aliphatic hydroxyl groups is 1. The Morgan fingerprint density at radius 2 is 2.10 bits per heavy atom. The summed E-state index contributed by atoms with van der Waals surface area (Å²) in [6.07, 6.45) is 1.90. The number of nitrogens with zero attached hydrogens (tertiary/aromatic N) is 1. The Labute approximate surface area is 127 Å². The van der Waals surface area contributed by atoms with Crippen LogP contribution in [0.4, 0.5) is 5.69 Å². The predicted octanol–water partition coefficient (Wildman–Crippen LogP) is 3.61. The van der Waals surface area contributed by atoms with E-state index in [2.05, 4.69) is 43.1 Å². The summed E-state index contributed by atoms with van der Waals surface area (Å²) in [7, 11) is 0. The average molecular weight is 299 g/mol. The van der Waals surface area contributed by atoms with Gasteiger partial charge in [0.2, 0.25) is 0 Å². The highest BCUT2D eigenvalue weighted by atomic mass is 35.5. The van der Waals surface area contributed by atoms with E-state index in [1.54, 1.807) is 0 Å². The molecule has 0 heterocycles. The first-order chi connectivity index (χ1) is 9.63. The second-order valence-electron chi connectivity index (χ2n) is 5.04. The molecule has 0 saturated heterocycles. The van der Waals surface area contributed by atoms with Crippen LogP contribution in [0.5, 0.6) is 0 Å². The van der Waals surface area contributed by atoms with Gasteiger partial charge in [-0.15, -0.1) is 0 Å². The molecule has 1 aromatic rings. The molecule has 1 unspecified atom stereocenters. The lowest BCUT2D eigenvalue weighted by Crippen LogP contribution is -2.25. The number of halogens is 1. The highest BCUT2D eigenvalue weighted by Gasteiger charge is 2.11. The van der Waals surface area contributed by atoms with Crippen LogP contribution >= 0.6 is 11.6 Å². The van der Waals surface area contributed by atoms with Gasteiger partial charge in [-0.1, -0.05) is 24.6 Å². The molecule has 4 heteroatoms. The van der Waals surface area contributed by atoms with Gasteiger partial charge >= 0.3 is 0 Å². The molecular formula is C16H27ClN2O. The largest absolute Gasteiger partial charge is 0.396 e. The summed E-state index contributed by atoms with van der Waals surface area (Å²) < 4.78 is 0. The van der Waals surface area contributed by atoms with Crippen molar-refractivity contribution >= 4 is 17.3 Å². The summed E-state index contributed by atoms with van der Waals surface area (Å²) in [6.45, 7) is 9.40. The molecule has 20 heavy (non-hydrogen) atoms. The average Bonchev–Trinajstić information content (AvgIpc) is 2.45. The Hall–Kier alpha value is -0.770. The second-order valence-corrected chi connectivity index (χ2v) is 5.45. The molecule has 0 spiro atoms. The molecule has 1 rings (SSSR count). The van der Waals surface area contributed by atoms with E-state index in [9.17, 15) is 0 Å². The number of rotatable bonds is 9. The van der Waals surface area contributed by atoms with Crippen molar-refractivity contribution in [3.8, 4) is 0 Å². The third-order valence-electron chi connectivity index (χ3n) is 3.48. The summed E-state index contributed by atoms with van der Waals surface area (Å²) in [6, 6.07) is 6.52. The fourth-order valence-corrected chi connectivity index (χ4v) is 2.60. The third kappa shape index (κ3) is 4.97. The smallest absolute Gasteiger partial charge is 0.0474 e. The van der Waals surface area contributed by atoms with Crippen LogP contribution in [0, 0.1) is 0 Å². The highest BCUT2D eigenvalue weighted by molar-refractivity contribution is 6.31. The lowest BCUT2D eigenvalue weighted by Gasteiger charge is -2.24. The molecule has 3 nitrogen and oxygen atoms in total. The molecule has 0 saturated carbocycles. The Morgan fingerprint density at radius 1 is 1.35 bits per heavy atom. The zero-order valence-electron chi connectivity index (χ0n) is 12.8. The van der Waals surface area contributed by atoms with E-state index in [-0.39, 0.29) is 12.6 Å². The van der Waals surface area contributed by atoms with Crippen LogP contribution in [0.1, 0.15) is 45.2 Å². The second kappa shape index (κ2) is 9.22. The van der Waals surface area contributed by atoms with E-state index in [0.717, 1.165) is 48.7 Å². The lowest BCUT2D eigenvalue weighted by atomic mass is 10.1. The number of aliphatic hydroxyl groups excluding tert-OH is 1. The normalized spacial score (nSPS) is 12.4. The van der Waals surface area contributed by atoms with Gasteiger partial charge in [0, 0.05) is 36.4 Å². The van der Waals surface area contributed by atoms with Crippen molar-refractivity contribution in [3.05, 3.63) is 28.8 Å². The summed E-state index contributed by atoms with van der Waals surface area (Å²) in [5.74, 6) is 0. The molecule has 114 valence electrons. The molecule has 0 radical (unpaired) electrons. The molecular weight excluding hydrogens is 272 g/mol. The Kier molecular flexibility index (Phi) is 7.97. The maximum absolute atomic E-state index is 8.95. The van der Waals surface area contributed by atoms with E-state index in [0.29, 0.717) is 0 Å². The van der Waals surface area contributed by atoms with Gasteiger partial charge in [-0.05, 0) is 50.9 Å². The van der Waals surface area contributed by atoms with Gasteiger partial charge in [0.15, 0.2) is 0 Å². The number of anilines is 1. The predicted molar refractivity (Wildman–Crippen MR) is 87.8 cm³/mol. The fourth-order valence-electron chi connectivity index (χ4n) is 2.27. The van der Waals surface area contributed by atoms with E-state index in [1.807, 2.05) is 6.07 Å². The van der Waals surface area contributed by atoms with Gasteiger partial charge in [0.1, 0.15) is 0 Å². The van der Waals surface area contributed by atoms with Gasteiger partial charge in [-0.2, -0.15) is 0 Å². The van der Waals surface area contributed by atoms with Gasteiger partial charge in [0.25, 0.3) is 0 Å². The van der Waals surface area contributed by atoms with Gasteiger partial charge in [-0.25, -0.2) is 0 Å². The minimum Gasteiger partial charge on any atom is -0.396 e. The molecule has 1 atom stereocenters. The van der Waals surface area contributed by atoms with E-state index in [1.165, 1.54) is 0 Å². The van der Waals surface area contributed by atoms with Crippen LogP contribution in [-0.4, -0.2) is 31.3 Å². The molecule has 0 amide bonds. The maximum Gasteiger partial charge on any atom is 0.0474 e. The summed E-state index contributed by atoms with van der Waals surface area (Å²) >= 11 is 6.42. The monoisotopic (exact) mass is 298 g/mol. The Morgan fingerprint density at radius 3 is 2.65 bits per heavy atom. The molecule has 1 aromatic carbocycles. The van der Waals surface area contributed by atoms with Crippen LogP contribution in [-0.2, 0) is 0 Å². The minimum absolute atomic E-state index is 0.223. The first-order valence-corrected chi connectivity index (χ1v) is 7.90. The number of nitrogens with one attached hydrogen (secondary N) is 1. The fraction of sp³-hybridized carbons (Fsp3) is 0.625. The van der Waals surface area contributed by atoms with Gasteiger partial charge in [-0.3, -0.25) is 0 Å². The number of benzene rings is 1. The summed E-state index contributed by atoms with van der Waals surface area (Å²) in [5.41, 5.74) is 2.26. The van der Waals surface area contributed by atoms with E-state index >= 15 is 0 Å². The van der Waals surface area contributed by atoms with E-state index < -0.39 is 0 Å². The molecule has 0 aliphatic heterocycles. The standard InChI is InChI=1S/C16H27ClN2O/c1-4-9-18-13(3)15-8-7-14(12-16(15)17)19(5-2)10-6-11-20/h7-8,12-13,18,20H,4-6,9-11H2,1-3H3. The third-order valence-corrected chi connectivity index (χ3v) is 3.81. The number of hydrogen-bond acceptors (Lipinski definition) is 3. The topological polar surface area (TPSA) is 35.5 Å². The first-order valence-electron chi connectivity index (χ1n) is 7.52. The summed E-state index contributed by atoms with van der Waals surface area (Å²) in [4.78, 5) is 2.23. The molecule has 0 aliphatic rings. The van der Waals surface area contributed by atoms with Gasteiger partial charge < -0.3 is 15.3 Å². The SMILES string of the molecule is CCCNC(C)c1ccc(N(CC)CCCO)cc1Cl. The van der Waals surface area contributed by atoms with Crippen molar-refractivity contribution in [2.24, 2.45) is 0 Å². The molecule has 0 fully saturated rings. The van der Waals surface area contributed by atoms with Crippen molar-refractivity contribution in [2.45, 2.75) is 39.7 Å². The van der Waals surface area contributed by atoms with E-state index in [4.69, 9.17) is 16.7 Å². The van der Waals surface area contributed by atoms with Crippen molar-refractivity contribution in [1.29, 1.82) is 0 Å². The highest BCUT2D eigenvalue weighted by Crippen LogP contribution is 2.28. The zero-order chi connectivity index (χ0) is 15.0. The first kappa shape index (κ1) is 17.3. The van der Waals surface area contributed by atoms with Crippen LogP contribution in [0.2, 0.25) is 5.02 Å². The van der Waals surface area contributed by atoms with Crippen molar-refractivity contribution in [3.63, 3.8) is 0 Å².